The first-order chi connectivity index (χ1) is 9.79. The summed E-state index contributed by atoms with van der Waals surface area (Å²) in [4.78, 5) is 4.64. The molecule has 1 heterocycles. The molecule has 1 aliphatic heterocycles. The minimum absolute atomic E-state index is 0.218. The SMILES string of the molecule is CN1CCC(CN(C)c2cccc(S(C)(=O)=O)c2N)CC1. The Morgan fingerprint density at radius 2 is 1.95 bits per heavy atom. The monoisotopic (exact) mass is 311 g/mol. The lowest BCUT2D eigenvalue weighted by Gasteiger charge is -2.33. The van der Waals surface area contributed by atoms with Crippen LogP contribution in [0.5, 0.6) is 0 Å². The van der Waals surface area contributed by atoms with Crippen LogP contribution in [-0.4, -0.2) is 53.3 Å². The molecule has 0 saturated carbocycles. The fourth-order valence-electron chi connectivity index (χ4n) is 2.92. The number of nitrogens with two attached hydrogens (primary N) is 1. The first-order valence-electron chi connectivity index (χ1n) is 7.27. The van der Waals surface area contributed by atoms with Crippen LogP contribution < -0.4 is 10.6 Å². The molecule has 2 N–H and O–H groups in total. The zero-order valence-electron chi connectivity index (χ0n) is 13.0. The second kappa shape index (κ2) is 6.23. The van der Waals surface area contributed by atoms with Crippen LogP contribution in [0.3, 0.4) is 0 Å². The zero-order valence-corrected chi connectivity index (χ0v) is 13.9. The minimum Gasteiger partial charge on any atom is -0.396 e. The molecule has 0 aliphatic carbocycles. The molecule has 5 nitrogen and oxygen atoms in total. The summed E-state index contributed by atoms with van der Waals surface area (Å²) in [5, 5.41) is 0. The lowest BCUT2D eigenvalue weighted by Crippen LogP contribution is -2.36. The van der Waals surface area contributed by atoms with Gasteiger partial charge in [0, 0.05) is 19.8 Å². The van der Waals surface area contributed by atoms with Crippen molar-refractivity contribution >= 4 is 21.2 Å². The number of nitrogen functional groups attached to an aromatic ring is 1. The van der Waals surface area contributed by atoms with Gasteiger partial charge in [-0.3, -0.25) is 0 Å². The van der Waals surface area contributed by atoms with Gasteiger partial charge in [-0.05, 0) is 51.0 Å². The average Bonchev–Trinajstić information content (AvgIpc) is 2.40. The fraction of sp³-hybridized carbons (Fsp3) is 0.600. The third-order valence-electron chi connectivity index (χ3n) is 4.22. The van der Waals surface area contributed by atoms with Crippen molar-refractivity contribution in [2.75, 3.05) is 50.6 Å². The van der Waals surface area contributed by atoms with Gasteiger partial charge < -0.3 is 15.5 Å². The number of anilines is 2. The van der Waals surface area contributed by atoms with E-state index in [-0.39, 0.29) is 4.90 Å². The number of likely N-dealkylation sites (tertiary alicyclic amines) is 1. The van der Waals surface area contributed by atoms with E-state index in [0.717, 1.165) is 25.3 Å². The first-order valence-corrected chi connectivity index (χ1v) is 9.16. The van der Waals surface area contributed by atoms with E-state index in [2.05, 4.69) is 16.8 Å². The summed E-state index contributed by atoms with van der Waals surface area (Å²) >= 11 is 0. The van der Waals surface area contributed by atoms with Gasteiger partial charge in [0.25, 0.3) is 0 Å². The first kappa shape index (κ1) is 16.1. The molecule has 1 aliphatic rings. The highest BCUT2D eigenvalue weighted by Gasteiger charge is 2.21. The van der Waals surface area contributed by atoms with Crippen LogP contribution in [0.15, 0.2) is 23.1 Å². The Balaban J connectivity index is 2.14. The van der Waals surface area contributed by atoms with Gasteiger partial charge in [-0.25, -0.2) is 8.42 Å². The van der Waals surface area contributed by atoms with Crippen molar-refractivity contribution in [2.24, 2.45) is 5.92 Å². The van der Waals surface area contributed by atoms with E-state index in [9.17, 15) is 8.42 Å². The maximum Gasteiger partial charge on any atom is 0.177 e. The molecule has 1 saturated heterocycles. The quantitative estimate of drug-likeness (QED) is 0.853. The van der Waals surface area contributed by atoms with E-state index in [4.69, 9.17) is 5.73 Å². The molecule has 0 aromatic heterocycles. The molecule has 0 bridgehead atoms. The number of hydrogen-bond donors (Lipinski definition) is 1. The Morgan fingerprint density at radius 1 is 1.33 bits per heavy atom. The second-order valence-corrected chi connectivity index (χ2v) is 8.07. The molecular formula is C15H25N3O2S. The maximum absolute atomic E-state index is 11.8. The van der Waals surface area contributed by atoms with Crippen molar-refractivity contribution in [3.63, 3.8) is 0 Å². The summed E-state index contributed by atoms with van der Waals surface area (Å²) in [5.74, 6) is 0.632. The van der Waals surface area contributed by atoms with Crippen molar-refractivity contribution in [1.29, 1.82) is 0 Å². The van der Waals surface area contributed by atoms with Crippen LogP contribution in [0.1, 0.15) is 12.8 Å². The third-order valence-corrected chi connectivity index (χ3v) is 5.38. The molecular weight excluding hydrogens is 286 g/mol. The molecule has 21 heavy (non-hydrogen) atoms. The van der Waals surface area contributed by atoms with Crippen LogP contribution in [0, 0.1) is 5.92 Å². The Hall–Kier alpha value is -1.27. The smallest absolute Gasteiger partial charge is 0.177 e. The lowest BCUT2D eigenvalue weighted by molar-refractivity contribution is 0.222. The largest absolute Gasteiger partial charge is 0.396 e. The molecule has 6 heteroatoms. The summed E-state index contributed by atoms with van der Waals surface area (Å²) in [6, 6.07) is 5.21. The Morgan fingerprint density at radius 3 is 2.52 bits per heavy atom. The van der Waals surface area contributed by atoms with Gasteiger partial charge in [-0.2, -0.15) is 0 Å². The summed E-state index contributed by atoms with van der Waals surface area (Å²) < 4.78 is 23.5. The van der Waals surface area contributed by atoms with Crippen LogP contribution in [0.2, 0.25) is 0 Å². The maximum atomic E-state index is 11.8. The van der Waals surface area contributed by atoms with E-state index in [0.29, 0.717) is 11.6 Å². The molecule has 0 atom stereocenters. The number of rotatable bonds is 4. The normalized spacial score (nSPS) is 17.9. The summed E-state index contributed by atoms with van der Waals surface area (Å²) in [7, 11) is 0.840. The molecule has 118 valence electrons. The minimum atomic E-state index is -3.29. The van der Waals surface area contributed by atoms with E-state index < -0.39 is 9.84 Å². The Kier molecular flexibility index (Phi) is 4.78. The average molecular weight is 311 g/mol. The summed E-state index contributed by atoms with van der Waals surface area (Å²) in [6.45, 7) is 3.15. The van der Waals surface area contributed by atoms with Crippen molar-refractivity contribution in [1.82, 2.24) is 4.90 Å². The van der Waals surface area contributed by atoms with E-state index in [1.807, 2.05) is 13.1 Å². The van der Waals surface area contributed by atoms with Crippen molar-refractivity contribution in [2.45, 2.75) is 17.7 Å². The molecule has 0 spiro atoms. The summed E-state index contributed by atoms with van der Waals surface area (Å²) in [6.07, 6.45) is 3.54. The van der Waals surface area contributed by atoms with Crippen LogP contribution >= 0.6 is 0 Å². The highest BCUT2D eigenvalue weighted by Crippen LogP contribution is 2.30. The fourth-order valence-corrected chi connectivity index (χ4v) is 3.75. The molecule has 0 radical (unpaired) electrons. The van der Waals surface area contributed by atoms with Gasteiger partial charge in [0.1, 0.15) is 0 Å². The van der Waals surface area contributed by atoms with Gasteiger partial charge in [0.15, 0.2) is 9.84 Å². The molecule has 1 aromatic carbocycles. The molecule has 1 fully saturated rings. The number of hydrogen-bond acceptors (Lipinski definition) is 5. The number of piperidine rings is 1. The van der Waals surface area contributed by atoms with Crippen LogP contribution in [0.4, 0.5) is 11.4 Å². The molecule has 0 amide bonds. The Bertz CT molecular complexity index is 593. The van der Waals surface area contributed by atoms with Crippen molar-refractivity contribution in [3.8, 4) is 0 Å². The molecule has 2 rings (SSSR count). The second-order valence-electron chi connectivity index (χ2n) is 6.09. The van der Waals surface area contributed by atoms with Crippen LogP contribution in [0.25, 0.3) is 0 Å². The highest BCUT2D eigenvalue weighted by atomic mass is 32.2. The number of para-hydroxylation sites is 1. The van der Waals surface area contributed by atoms with Gasteiger partial charge in [-0.1, -0.05) is 6.07 Å². The zero-order chi connectivity index (χ0) is 15.6. The van der Waals surface area contributed by atoms with Crippen molar-refractivity contribution in [3.05, 3.63) is 18.2 Å². The predicted octanol–water partition coefficient (Wildman–Crippen LogP) is 1.45. The van der Waals surface area contributed by atoms with Gasteiger partial charge in [-0.15, -0.1) is 0 Å². The van der Waals surface area contributed by atoms with Crippen molar-refractivity contribution < 1.29 is 8.42 Å². The van der Waals surface area contributed by atoms with E-state index in [1.54, 1.807) is 12.1 Å². The summed E-state index contributed by atoms with van der Waals surface area (Å²) in [5.41, 5.74) is 7.23. The number of benzene rings is 1. The Labute approximate surface area is 127 Å². The standard InChI is InChI=1S/C15H25N3O2S/c1-17-9-7-12(8-10-17)11-18(2)13-5-4-6-14(15(13)16)21(3,19)20/h4-6,12H,7-11,16H2,1-3H3. The van der Waals surface area contributed by atoms with Gasteiger partial charge in [0.05, 0.1) is 16.3 Å². The van der Waals surface area contributed by atoms with Gasteiger partial charge in [0.2, 0.25) is 0 Å². The van der Waals surface area contributed by atoms with E-state index in [1.165, 1.54) is 19.1 Å². The number of nitrogens with zero attached hydrogens (tertiary/aromatic N) is 2. The van der Waals surface area contributed by atoms with Gasteiger partial charge >= 0.3 is 0 Å². The molecule has 1 aromatic rings. The number of sulfone groups is 1. The van der Waals surface area contributed by atoms with E-state index >= 15 is 0 Å². The topological polar surface area (TPSA) is 66.6 Å². The molecule has 0 unspecified atom stereocenters. The highest BCUT2D eigenvalue weighted by molar-refractivity contribution is 7.90. The van der Waals surface area contributed by atoms with Crippen LogP contribution in [-0.2, 0) is 9.84 Å². The third kappa shape index (κ3) is 3.89. The lowest BCUT2D eigenvalue weighted by atomic mass is 9.96. The predicted molar refractivity (Wildman–Crippen MR) is 87.5 cm³/mol.